The van der Waals surface area contributed by atoms with Crippen LogP contribution in [-0.2, 0) is 4.74 Å². The molecule has 0 amide bonds. The van der Waals surface area contributed by atoms with Crippen molar-refractivity contribution in [3.63, 3.8) is 0 Å². The van der Waals surface area contributed by atoms with E-state index in [9.17, 15) is 15.3 Å². The summed E-state index contributed by atoms with van der Waals surface area (Å²) in [6.07, 6.45) is -3.82. The van der Waals surface area contributed by atoms with Gasteiger partial charge in [-0.15, -0.1) is 9.24 Å². The Morgan fingerprint density at radius 1 is 1.33 bits per heavy atom. The Balaban J connectivity index is 2.77. The first-order valence-corrected chi connectivity index (χ1v) is 4.37. The number of aliphatic hydroxyl groups is 3. The molecule has 0 saturated carbocycles. The van der Waals surface area contributed by atoms with Gasteiger partial charge in [0.1, 0.15) is 30.2 Å². The van der Waals surface area contributed by atoms with Crippen LogP contribution >= 0.6 is 9.24 Å². The van der Waals surface area contributed by atoms with Crippen LogP contribution in [0.4, 0.5) is 0 Å². The highest BCUT2D eigenvalue weighted by atomic mass is 31.0. The van der Waals surface area contributed by atoms with Crippen molar-refractivity contribution >= 4 is 9.24 Å². The zero-order valence-electron chi connectivity index (χ0n) is 6.71. The second kappa shape index (κ2) is 3.71. The van der Waals surface area contributed by atoms with Crippen LogP contribution in [0, 0.1) is 0 Å². The van der Waals surface area contributed by atoms with Crippen molar-refractivity contribution in [2.75, 3.05) is 0 Å². The molecule has 0 aromatic rings. The molecule has 1 heterocycles. The Labute approximate surface area is 73.1 Å². The first-order chi connectivity index (χ1) is 5.57. The molecule has 4 nitrogen and oxygen atoms in total. The minimum absolute atomic E-state index is 0.283. The molecule has 1 unspecified atom stereocenters. The van der Waals surface area contributed by atoms with E-state index in [0.29, 0.717) is 0 Å². The van der Waals surface area contributed by atoms with Gasteiger partial charge in [0.25, 0.3) is 0 Å². The van der Waals surface area contributed by atoms with Gasteiger partial charge in [0.15, 0.2) is 0 Å². The maximum Gasteiger partial charge on any atom is 0.139 e. The zero-order chi connectivity index (χ0) is 9.30. The average Bonchev–Trinajstić information content (AvgIpc) is 2.08. The summed E-state index contributed by atoms with van der Waals surface area (Å²) in [6, 6.07) is 0. The normalized spacial score (nSPS) is 45.9. The van der Waals surface area contributed by atoms with Gasteiger partial charge in [0.2, 0.25) is 0 Å². The third-order valence-electron chi connectivity index (χ3n) is 1.93. The number of hydrogen-bond acceptors (Lipinski definition) is 4. The van der Waals surface area contributed by atoms with Crippen molar-refractivity contribution in [2.24, 2.45) is 0 Å². The lowest BCUT2D eigenvalue weighted by Gasteiger charge is -2.35. The average molecular weight is 192 g/mol. The topological polar surface area (TPSA) is 69.9 Å². The summed E-state index contributed by atoms with van der Waals surface area (Å²) in [5.41, 5.74) is 0. The van der Waals surface area contributed by atoms with Crippen molar-refractivity contribution in [2.45, 2.75) is 31.3 Å². The molecule has 1 saturated heterocycles. The van der Waals surface area contributed by atoms with E-state index >= 15 is 0 Å². The fourth-order valence-electron chi connectivity index (χ4n) is 1.12. The highest BCUT2D eigenvalue weighted by Gasteiger charge is 2.38. The third kappa shape index (κ3) is 1.62. The Morgan fingerprint density at radius 2 is 1.92 bits per heavy atom. The van der Waals surface area contributed by atoms with Gasteiger partial charge in [-0.1, -0.05) is 0 Å². The van der Waals surface area contributed by atoms with Gasteiger partial charge in [-0.05, 0) is 12.7 Å². The predicted molar refractivity (Wildman–Crippen MR) is 46.4 cm³/mol. The molecule has 5 atom stereocenters. The number of ether oxygens (including phenoxy) is 1. The Kier molecular flexibility index (Phi) is 3.07. The van der Waals surface area contributed by atoms with E-state index in [1.165, 1.54) is 5.82 Å². The number of hydrogen-bond donors (Lipinski definition) is 3. The molecule has 1 aliphatic heterocycles. The maximum atomic E-state index is 9.31. The van der Waals surface area contributed by atoms with Gasteiger partial charge < -0.3 is 20.1 Å². The van der Waals surface area contributed by atoms with E-state index in [1.54, 1.807) is 6.92 Å². The van der Waals surface area contributed by atoms with Crippen LogP contribution < -0.4 is 0 Å². The Bertz CT molecular complexity index is 194. The van der Waals surface area contributed by atoms with E-state index in [4.69, 9.17) is 4.74 Å². The number of rotatable bonds is 0. The predicted octanol–water partition coefficient (Wildman–Crippen LogP) is -0.796. The van der Waals surface area contributed by atoms with Crippen LogP contribution in [0.2, 0.25) is 0 Å². The summed E-state index contributed by atoms with van der Waals surface area (Å²) in [5, 5.41) is 27.9. The fraction of sp³-hybridized carbons (Fsp3) is 0.714. The minimum Gasteiger partial charge on any atom is -0.489 e. The Hall–Kier alpha value is -0.150. The lowest BCUT2D eigenvalue weighted by Crippen LogP contribution is -2.50. The number of aliphatic hydroxyl groups excluding tert-OH is 3. The maximum absolute atomic E-state index is 9.31. The van der Waals surface area contributed by atoms with Crippen molar-refractivity contribution in [3.8, 4) is 0 Å². The van der Waals surface area contributed by atoms with E-state index in [0.717, 1.165) is 0 Å². The first-order valence-electron chi connectivity index (χ1n) is 3.70. The van der Waals surface area contributed by atoms with E-state index in [2.05, 4.69) is 9.24 Å². The monoisotopic (exact) mass is 192 g/mol. The molecule has 1 fully saturated rings. The molecule has 12 heavy (non-hydrogen) atoms. The van der Waals surface area contributed by atoms with Gasteiger partial charge in [0, 0.05) is 0 Å². The summed E-state index contributed by atoms with van der Waals surface area (Å²) in [7, 11) is 2.27. The molecule has 0 spiro atoms. The largest absolute Gasteiger partial charge is 0.489 e. The molecule has 3 N–H and O–H groups in total. The van der Waals surface area contributed by atoms with Crippen molar-refractivity contribution in [3.05, 3.63) is 11.6 Å². The molecule has 0 aromatic heterocycles. The van der Waals surface area contributed by atoms with Crippen LogP contribution in [0.15, 0.2) is 11.6 Å². The summed E-state index contributed by atoms with van der Waals surface area (Å²) in [4.78, 5) is 0. The molecular formula is C7H13O4P. The summed E-state index contributed by atoms with van der Waals surface area (Å²) >= 11 is 0. The molecule has 5 heteroatoms. The molecule has 0 bridgehead atoms. The molecular weight excluding hydrogens is 179 g/mol. The lowest BCUT2D eigenvalue weighted by atomic mass is 9.99. The second-order valence-electron chi connectivity index (χ2n) is 2.82. The van der Waals surface area contributed by atoms with Crippen LogP contribution in [-0.4, -0.2) is 39.7 Å². The van der Waals surface area contributed by atoms with Crippen LogP contribution in [0.25, 0.3) is 0 Å². The third-order valence-corrected chi connectivity index (χ3v) is 2.26. The van der Waals surface area contributed by atoms with Gasteiger partial charge in [-0.3, -0.25) is 0 Å². The zero-order valence-corrected chi connectivity index (χ0v) is 7.87. The smallest absolute Gasteiger partial charge is 0.139 e. The highest BCUT2D eigenvalue weighted by molar-refractivity contribution is 7.20. The highest BCUT2D eigenvalue weighted by Crippen LogP contribution is 2.24. The first kappa shape index (κ1) is 9.93. The summed E-state index contributed by atoms with van der Waals surface area (Å²) in [5.74, 6) is 1.78. The Morgan fingerprint density at radius 3 is 2.42 bits per heavy atom. The second-order valence-corrected chi connectivity index (χ2v) is 3.15. The summed E-state index contributed by atoms with van der Waals surface area (Å²) in [6.45, 7) is 1.63. The molecule has 0 radical (unpaired) electrons. The van der Waals surface area contributed by atoms with Crippen LogP contribution in [0.5, 0.6) is 0 Å². The van der Waals surface area contributed by atoms with Crippen LogP contribution in [0.1, 0.15) is 6.92 Å². The summed E-state index contributed by atoms with van der Waals surface area (Å²) < 4.78 is 5.11. The van der Waals surface area contributed by atoms with E-state index < -0.39 is 24.4 Å². The molecule has 0 aromatic carbocycles. The van der Waals surface area contributed by atoms with Crippen molar-refractivity contribution in [1.29, 1.82) is 0 Å². The van der Waals surface area contributed by atoms with E-state index in [-0.39, 0.29) is 5.76 Å². The molecule has 1 aliphatic rings. The fourth-order valence-corrected chi connectivity index (χ4v) is 1.40. The standard InChI is InChI=1S/C7H13O4P/c1-3-5(8)7(10)6(9)4(2-12)11-3/h2-3,5-10H,12H2,1H3/t3-,5+,6+,7+/m1/s1. The molecule has 0 aliphatic carbocycles. The molecule has 1 rings (SSSR count). The van der Waals surface area contributed by atoms with E-state index in [1.807, 2.05) is 0 Å². The molecule has 70 valence electrons. The lowest BCUT2D eigenvalue weighted by molar-refractivity contribution is -0.149. The van der Waals surface area contributed by atoms with Gasteiger partial charge in [-0.2, -0.15) is 0 Å². The van der Waals surface area contributed by atoms with Gasteiger partial charge >= 0.3 is 0 Å². The quantitative estimate of drug-likeness (QED) is 0.440. The van der Waals surface area contributed by atoms with Gasteiger partial charge in [-0.25, -0.2) is 0 Å². The van der Waals surface area contributed by atoms with Crippen LogP contribution in [0.3, 0.4) is 0 Å². The van der Waals surface area contributed by atoms with Crippen molar-refractivity contribution in [1.82, 2.24) is 0 Å². The SMILES string of the molecule is C[C@H]1OC(=CP)[C@H](O)[C@@H](O)[C@H]1O. The van der Waals surface area contributed by atoms with Crippen molar-refractivity contribution < 1.29 is 20.1 Å². The minimum atomic E-state index is -1.17. The van der Waals surface area contributed by atoms with Gasteiger partial charge in [0.05, 0.1) is 0 Å².